The van der Waals surface area contributed by atoms with Gasteiger partial charge in [-0.05, 0) is 17.2 Å². The van der Waals surface area contributed by atoms with Gasteiger partial charge in [0.25, 0.3) is 0 Å². The summed E-state index contributed by atoms with van der Waals surface area (Å²) < 4.78 is 0. The summed E-state index contributed by atoms with van der Waals surface area (Å²) in [5.41, 5.74) is 4.06. The molecule has 0 saturated carbocycles. The van der Waals surface area contributed by atoms with Gasteiger partial charge >= 0.3 is 0 Å². The molecule has 0 radical (unpaired) electrons. The minimum atomic E-state index is 0.946. The minimum absolute atomic E-state index is 0.946. The Morgan fingerprint density at radius 1 is 1.00 bits per heavy atom. The Morgan fingerprint density at radius 3 is 2.40 bits per heavy atom. The van der Waals surface area contributed by atoms with E-state index in [1.165, 1.54) is 0 Å². The fourth-order valence-electron chi connectivity index (χ4n) is 1.50. The molecule has 0 atom stereocenters. The third-order valence-corrected chi connectivity index (χ3v) is 2.32. The second-order valence-corrected chi connectivity index (χ2v) is 3.51. The van der Waals surface area contributed by atoms with Crippen LogP contribution in [0.15, 0.2) is 55.1 Å². The zero-order chi connectivity index (χ0) is 10.7. The molecule has 0 aliphatic carbocycles. The first kappa shape index (κ1) is 9.72. The maximum absolute atomic E-state index is 4.45. The number of hydrogen-bond acceptors (Lipinski definition) is 1. The number of nitrogens with zero attached hydrogens (tertiary/aromatic N) is 1. The quantitative estimate of drug-likeness (QED) is 0.657. The SMILES string of the molecule is Bc1cccc(C(=C)c2ccccc2)n1. The van der Waals surface area contributed by atoms with E-state index >= 15 is 0 Å². The van der Waals surface area contributed by atoms with E-state index < -0.39 is 0 Å². The third kappa shape index (κ3) is 2.16. The molecule has 1 heterocycles. The Kier molecular flexibility index (Phi) is 2.68. The van der Waals surface area contributed by atoms with E-state index in [4.69, 9.17) is 0 Å². The smallest absolute Gasteiger partial charge is 0.163 e. The highest BCUT2D eigenvalue weighted by Gasteiger charge is 2.02. The molecule has 2 heteroatoms. The van der Waals surface area contributed by atoms with Crippen molar-refractivity contribution in [2.45, 2.75) is 0 Å². The van der Waals surface area contributed by atoms with Gasteiger partial charge in [0, 0.05) is 5.57 Å². The summed E-state index contributed by atoms with van der Waals surface area (Å²) in [5, 5.41) is 0. The largest absolute Gasteiger partial charge is 0.264 e. The van der Waals surface area contributed by atoms with Gasteiger partial charge in [-0.1, -0.05) is 49.0 Å². The average Bonchev–Trinajstić information content (AvgIpc) is 2.29. The summed E-state index contributed by atoms with van der Waals surface area (Å²) in [5.74, 6) is 0. The highest BCUT2D eigenvalue weighted by atomic mass is 14.7. The van der Waals surface area contributed by atoms with E-state index in [9.17, 15) is 0 Å². The Hall–Kier alpha value is -1.83. The summed E-state index contributed by atoms with van der Waals surface area (Å²) in [7, 11) is 1.99. The van der Waals surface area contributed by atoms with Gasteiger partial charge in [-0.15, -0.1) is 0 Å². The highest BCUT2D eigenvalue weighted by Crippen LogP contribution is 2.17. The number of rotatable bonds is 2. The Labute approximate surface area is 90.9 Å². The second kappa shape index (κ2) is 4.14. The van der Waals surface area contributed by atoms with Gasteiger partial charge in [0.1, 0.15) is 0 Å². The maximum atomic E-state index is 4.45. The number of benzene rings is 1. The zero-order valence-electron chi connectivity index (χ0n) is 8.77. The van der Waals surface area contributed by atoms with Crippen molar-refractivity contribution in [1.82, 2.24) is 4.98 Å². The molecule has 0 spiro atoms. The van der Waals surface area contributed by atoms with Crippen LogP contribution in [-0.2, 0) is 0 Å². The van der Waals surface area contributed by atoms with Crippen molar-refractivity contribution in [3.05, 3.63) is 66.4 Å². The predicted molar refractivity (Wildman–Crippen MR) is 67.0 cm³/mol. The standard InChI is InChI=1S/C13H12BN/c1-10(11-6-3-2-4-7-11)12-8-5-9-13(14)15-12/h2-9H,1,14H2. The first-order valence-corrected chi connectivity index (χ1v) is 4.96. The van der Waals surface area contributed by atoms with Gasteiger partial charge in [0.15, 0.2) is 7.85 Å². The fraction of sp³-hybridized carbons (Fsp3) is 0. The van der Waals surface area contributed by atoms with E-state index in [1.807, 2.05) is 56.4 Å². The Balaban J connectivity index is 2.37. The molecule has 0 amide bonds. The lowest BCUT2D eigenvalue weighted by molar-refractivity contribution is 1.32. The van der Waals surface area contributed by atoms with Crippen molar-refractivity contribution in [2.24, 2.45) is 0 Å². The number of hydrogen-bond donors (Lipinski definition) is 0. The molecular formula is C13H12BN. The summed E-state index contributed by atoms with van der Waals surface area (Å²) in [4.78, 5) is 4.45. The molecule has 15 heavy (non-hydrogen) atoms. The van der Waals surface area contributed by atoms with Crippen molar-refractivity contribution >= 4 is 19.0 Å². The molecule has 2 rings (SSSR count). The van der Waals surface area contributed by atoms with Crippen molar-refractivity contribution in [2.75, 3.05) is 0 Å². The maximum Gasteiger partial charge on any atom is 0.163 e. The van der Waals surface area contributed by atoms with E-state index in [1.54, 1.807) is 0 Å². The van der Waals surface area contributed by atoms with E-state index in [-0.39, 0.29) is 0 Å². The predicted octanol–water partition coefficient (Wildman–Crippen LogP) is 1.40. The van der Waals surface area contributed by atoms with Crippen LogP contribution in [0.3, 0.4) is 0 Å². The molecule has 1 aromatic carbocycles. The molecule has 0 N–H and O–H groups in total. The van der Waals surface area contributed by atoms with Gasteiger partial charge in [-0.25, -0.2) is 0 Å². The molecule has 1 aromatic heterocycles. The van der Waals surface area contributed by atoms with Gasteiger partial charge in [-0.3, -0.25) is 4.98 Å². The average molecular weight is 193 g/mol. The van der Waals surface area contributed by atoms with Crippen LogP contribution in [0.2, 0.25) is 0 Å². The molecule has 0 saturated heterocycles. The van der Waals surface area contributed by atoms with Crippen LogP contribution < -0.4 is 5.59 Å². The van der Waals surface area contributed by atoms with Crippen LogP contribution in [0.5, 0.6) is 0 Å². The molecule has 0 unspecified atom stereocenters. The van der Waals surface area contributed by atoms with E-state index in [0.29, 0.717) is 0 Å². The number of pyridine rings is 1. The first-order valence-electron chi connectivity index (χ1n) is 4.96. The van der Waals surface area contributed by atoms with Crippen molar-refractivity contribution in [3.63, 3.8) is 0 Å². The van der Waals surface area contributed by atoms with Gasteiger partial charge < -0.3 is 0 Å². The molecule has 2 aromatic rings. The summed E-state index contributed by atoms with van der Waals surface area (Å²) >= 11 is 0. The van der Waals surface area contributed by atoms with Crippen LogP contribution >= 0.6 is 0 Å². The lowest BCUT2D eigenvalue weighted by Gasteiger charge is -2.05. The Morgan fingerprint density at radius 2 is 1.73 bits per heavy atom. The van der Waals surface area contributed by atoms with Crippen LogP contribution in [0.25, 0.3) is 5.57 Å². The van der Waals surface area contributed by atoms with Crippen molar-refractivity contribution < 1.29 is 0 Å². The molecule has 0 aliphatic heterocycles. The first-order chi connectivity index (χ1) is 7.27. The van der Waals surface area contributed by atoms with Crippen LogP contribution in [0.4, 0.5) is 0 Å². The van der Waals surface area contributed by atoms with Crippen LogP contribution in [0, 0.1) is 0 Å². The monoisotopic (exact) mass is 193 g/mol. The summed E-state index contributed by atoms with van der Waals surface area (Å²) in [6.45, 7) is 4.07. The van der Waals surface area contributed by atoms with Crippen molar-refractivity contribution in [3.8, 4) is 0 Å². The minimum Gasteiger partial charge on any atom is -0.264 e. The topological polar surface area (TPSA) is 12.9 Å². The molecule has 0 fully saturated rings. The Bertz CT molecular complexity index is 477. The van der Waals surface area contributed by atoms with Crippen LogP contribution in [-0.4, -0.2) is 12.8 Å². The molecular weight excluding hydrogens is 181 g/mol. The molecule has 72 valence electrons. The summed E-state index contributed by atoms with van der Waals surface area (Å²) in [6, 6.07) is 16.1. The zero-order valence-corrected chi connectivity index (χ0v) is 8.77. The third-order valence-electron chi connectivity index (χ3n) is 2.32. The van der Waals surface area contributed by atoms with Gasteiger partial charge in [0.05, 0.1) is 5.69 Å². The second-order valence-electron chi connectivity index (χ2n) is 3.51. The van der Waals surface area contributed by atoms with Gasteiger partial charge in [-0.2, -0.15) is 0 Å². The van der Waals surface area contributed by atoms with Gasteiger partial charge in [0.2, 0.25) is 0 Å². The lowest BCUT2D eigenvalue weighted by Crippen LogP contribution is -2.09. The fourth-order valence-corrected chi connectivity index (χ4v) is 1.50. The molecule has 1 nitrogen and oxygen atoms in total. The highest BCUT2D eigenvalue weighted by molar-refractivity contribution is 6.30. The number of aromatic nitrogens is 1. The lowest BCUT2D eigenvalue weighted by atomic mass is 10.00. The van der Waals surface area contributed by atoms with Crippen molar-refractivity contribution in [1.29, 1.82) is 0 Å². The normalized spacial score (nSPS) is 9.87. The summed E-state index contributed by atoms with van der Waals surface area (Å²) in [6.07, 6.45) is 0. The molecule has 0 bridgehead atoms. The van der Waals surface area contributed by atoms with E-state index in [2.05, 4.69) is 11.6 Å². The molecule has 0 aliphatic rings. The van der Waals surface area contributed by atoms with Crippen LogP contribution in [0.1, 0.15) is 11.3 Å². The van der Waals surface area contributed by atoms with E-state index in [0.717, 1.165) is 22.4 Å².